The molecule has 29 heavy (non-hydrogen) atoms. The van der Waals surface area contributed by atoms with Crippen LogP contribution in [0.2, 0.25) is 0 Å². The van der Waals surface area contributed by atoms with E-state index in [1.165, 1.54) is 17.5 Å². The van der Waals surface area contributed by atoms with Gasteiger partial charge in [0.15, 0.2) is 0 Å². The van der Waals surface area contributed by atoms with E-state index < -0.39 is 0 Å². The van der Waals surface area contributed by atoms with E-state index in [0.29, 0.717) is 25.6 Å². The van der Waals surface area contributed by atoms with Crippen molar-refractivity contribution in [1.29, 1.82) is 0 Å². The summed E-state index contributed by atoms with van der Waals surface area (Å²) in [7, 11) is 1.88. The van der Waals surface area contributed by atoms with Crippen molar-refractivity contribution in [2.45, 2.75) is 51.5 Å². The van der Waals surface area contributed by atoms with Gasteiger partial charge in [-0.1, -0.05) is 29.8 Å². The summed E-state index contributed by atoms with van der Waals surface area (Å²) in [5.41, 5.74) is 3.03. The molecule has 158 valence electrons. The predicted octanol–water partition coefficient (Wildman–Crippen LogP) is 2.67. The molecule has 1 aromatic carbocycles. The minimum Gasteiger partial charge on any atom is -0.343 e. The highest BCUT2D eigenvalue weighted by Crippen LogP contribution is 2.58. The van der Waals surface area contributed by atoms with Crippen LogP contribution >= 0.6 is 0 Å². The van der Waals surface area contributed by atoms with Gasteiger partial charge in [0.1, 0.15) is 0 Å². The van der Waals surface area contributed by atoms with E-state index in [1.54, 1.807) is 0 Å². The molecule has 2 aliphatic heterocycles. The van der Waals surface area contributed by atoms with Crippen LogP contribution in [0.4, 0.5) is 0 Å². The molecular formula is C24H35N3O2. The first kappa shape index (κ1) is 20.4. The molecule has 1 aliphatic carbocycles. The topological polar surface area (TPSA) is 43.9 Å². The van der Waals surface area contributed by atoms with Gasteiger partial charge in [-0.25, -0.2) is 0 Å². The fourth-order valence-corrected chi connectivity index (χ4v) is 5.25. The van der Waals surface area contributed by atoms with Crippen LogP contribution < -0.4 is 0 Å². The number of nitrogens with zero attached hydrogens (tertiary/aromatic N) is 3. The highest BCUT2D eigenvalue weighted by molar-refractivity contribution is 5.81. The van der Waals surface area contributed by atoms with Gasteiger partial charge in [0, 0.05) is 50.6 Å². The van der Waals surface area contributed by atoms with Crippen molar-refractivity contribution in [1.82, 2.24) is 14.7 Å². The Morgan fingerprint density at radius 1 is 1.17 bits per heavy atom. The molecule has 3 fully saturated rings. The van der Waals surface area contributed by atoms with E-state index in [9.17, 15) is 9.59 Å². The first-order valence-electron chi connectivity index (χ1n) is 11.1. The Morgan fingerprint density at radius 2 is 1.83 bits per heavy atom. The number of carbonyl (C=O) groups excluding carboxylic acids is 2. The summed E-state index contributed by atoms with van der Waals surface area (Å²) in [6, 6.07) is 9.18. The monoisotopic (exact) mass is 397 g/mol. The second-order valence-corrected chi connectivity index (χ2v) is 9.79. The van der Waals surface area contributed by atoms with Crippen LogP contribution in [-0.2, 0) is 15.0 Å². The number of rotatable bonds is 5. The molecule has 5 heteroatoms. The minimum atomic E-state index is 0.0655. The van der Waals surface area contributed by atoms with Crippen LogP contribution in [-0.4, -0.2) is 72.3 Å². The molecule has 0 unspecified atom stereocenters. The number of piperidine rings is 2. The number of benzene rings is 1. The Morgan fingerprint density at radius 3 is 2.45 bits per heavy atom. The first-order chi connectivity index (χ1) is 13.8. The van der Waals surface area contributed by atoms with Crippen molar-refractivity contribution in [3.63, 3.8) is 0 Å². The fourth-order valence-electron chi connectivity index (χ4n) is 5.25. The van der Waals surface area contributed by atoms with Crippen LogP contribution in [0.3, 0.4) is 0 Å². The molecule has 2 amide bonds. The van der Waals surface area contributed by atoms with Crippen LogP contribution in [0.25, 0.3) is 0 Å². The number of amides is 2. The van der Waals surface area contributed by atoms with Crippen LogP contribution in [0, 0.1) is 18.8 Å². The minimum absolute atomic E-state index is 0.0655. The fraction of sp³-hybridized carbons (Fsp3) is 0.667. The van der Waals surface area contributed by atoms with Gasteiger partial charge in [0.05, 0.1) is 6.54 Å². The number of carbonyl (C=O) groups is 2. The summed E-state index contributed by atoms with van der Waals surface area (Å²) >= 11 is 0. The zero-order chi connectivity index (χ0) is 20.8. The molecule has 4 rings (SSSR count). The average Bonchev–Trinajstić information content (AvgIpc) is 3.29. The Kier molecular flexibility index (Phi) is 5.45. The zero-order valence-corrected chi connectivity index (χ0v) is 18.4. The molecule has 2 heterocycles. The number of fused-ring (bicyclic) bond motifs is 1. The smallest absolute Gasteiger partial charge is 0.236 e. The third-order valence-electron chi connectivity index (χ3n) is 7.52. The zero-order valence-electron chi connectivity index (χ0n) is 18.4. The van der Waals surface area contributed by atoms with E-state index in [4.69, 9.17) is 0 Å². The van der Waals surface area contributed by atoms with Crippen molar-refractivity contribution in [3.8, 4) is 0 Å². The van der Waals surface area contributed by atoms with E-state index in [2.05, 4.69) is 36.1 Å². The standard InChI is InChI=1S/C24H35N3O2/c1-17(2)25(4)23(29)19-9-11-27(12-10-19)22(28)15-26-14-21-13-24(21,16-26)20-7-5-18(3)6-8-20/h5-8,17,19,21H,9-16H2,1-4H3/t21-,24+/m0/s1. The molecule has 5 nitrogen and oxygen atoms in total. The Hall–Kier alpha value is -1.88. The number of likely N-dealkylation sites (tertiary alicyclic amines) is 2. The average molecular weight is 398 g/mol. The van der Waals surface area contributed by atoms with Gasteiger partial charge in [-0.3, -0.25) is 14.5 Å². The molecular weight excluding hydrogens is 362 g/mol. The van der Waals surface area contributed by atoms with Gasteiger partial charge in [-0.05, 0) is 51.5 Å². The van der Waals surface area contributed by atoms with Gasteiger partial charge >= 0.3 is 0 Å². The molecule has 2 atom stereocenters. The summed E-state index contributed by atoms with van der Waals surface area (Å²) in [6.45, 7) is 10.2. The second kappa shape index (κ2) is 7.75. The lowest BCUT2D eigenvalue weighted by molar-refractivity contribution is -0.141. The second-order valence-electron chi connectivity index (χ2n) is 9.79. The van der Waals surface area contributed by atoms with Gasteiger partial charge in [-0.15, -0.1) is 0 Å². The Labute approximate surface area is 175 Å². The maximum Gasteiger partial charge on any atom is 0.236 e. The summed E-state index contributed by atoms with van der Waals surface area (Å²) in [5.74, 6) is 1.23. The van der Waals surface area contributed by atoms with E-state index in [0.717, 1.165) is 25.9 Å². The number of hydrogen-bond donors (Lipinski definition) is 0. The van der Waals surface area contributed by atoms with Crippen molar-refractivity contribution >= 4 is 11.8 Å². The molecule has 0 spiro atoms. The van der Waals surface area contributed by atoms with Gasteiger partial charge < -0.3 is 9.80 Å². The third-order valence-corrected chi connectivity index (χ3v) is 7.52. The maximum atomic E-state index is 12.9. The molecule has 1 aromatic rings. The largest absolute Gasteiger partial charge is 0.343 e. The van der Waals surface area contributed by atoms with E-state index >= 15 is 0 Å². The molecule has 0 aromatic heterocycles. The Bertz CT molecular complexity index is 767. The molecule has 0 radical (unpaired) electrons. The Balaban J connectivity index is 1.27. The highest BCUT2D eigenvalue weighted by atomic mass is 16.2. The van der Waals surface area contributed by atoms with Gasteiger partial charge in [0.25, 0.3) is 0 Å². The maximum absolute atomic E-state index is 12.9. The summed E-state index contributed by atoms with van der Waals surface area (Å²) in [4.78, 5) is 31.6. The molecule has 3 aliphatic rings. The summed E-state index contributed by atoms with van der Waals surface area (Å²) in [6.07, 6.45) is 2.84. The molecule has 2 saturated heterocycles. The lowest BCUT2D eigenvalue weighted by Gasteiger charge is -2.35. The van der Waals surface area contributed by atoms with Crippen molar-refractivity contribution in [3.05, 3.63) is 35.4 Å². The lowest BCUT2D eigenvalue weighted by Crippen LogP contribution is -2.47. The predicted molar refractivity (Wildman–Crippen MR) is 115 cm³/mol. The van der Waals surface area contributed by atoms with E-state index in [-0.39, 0.29) is 29.2 Å². The van der Waals surface area contributed by atoms with Crippen molar-refractivity contribution < 1.29 is 9.59 Å². The SMILES string of the molecule is Cc1ccc([C@]23C[C@H]2CN(CC(=O)N2CCC(C(=O)N(C)C(C)C)CC2)C3)cc1. The highest BCUT2D eigenvalue weighted by Gasteiger charge is 2.60. The summed E-state index contributed by atoms with van der Waals surface area (Å²) < 4.78 is 0. The van der Waals surface area contributed by atoms with Crippen LogP contribution in [0.15, 0.2) is 24.3 Å². The van der Waals surface area contributed by atoms with E-state index in [1.807, 2.05) is 30.7 Å². The number of aryl methyl sites for hydroxylation is 1. The molecule has 1 saturated carbocycles. The molecule has 0 bridgehead atoms. The van der Waals surface area contributed by atoms with Crippen LogP contribution in [0.5, 0.6) is 0 Å². The van der Waals surface area contributed by atoms with Gasteiger partial charge in [-0.2, -0.15) is 0 Å². The first-order valence-corrected chi connectivity index (χ1v) is 11.1. The van der Waals surface area contributed by atoms with Crippen molar-refractivity contribution in [2.75, 3.05) is 39.8 Å². The quantitative estimate of drug-likeness (QED) is 0.767. The van der Waals surface area contributed by atoms with Crippen LogP contribution in [0.1, 0.15) is 44.2 Å². The summed E-state index contributed by atoms with van der Waals surface area (Å²) in [5, 5.41) is 0. The van der Waals surface area contributed by atoms with Crippen molar-refractivity contribution in [2.24, 2.45) is 11.8 Å². The van der Waals surface area contributed by atoms with Gasteiger partial charge in [0.2, 0.25) is 11.8 Å². The lowest BCUT2D eigenvalue weighted by atomic mass is 9.94. The number of hydrogen-bond acceptors (Lipinski definition) is 3. The normalized spacial score (nSPS) is 27.2. The molecule has 0 N–H and O–H groups in total. The third kappa shape index (κ3) is 3.94.